The summed E-state index contributed by atoms with van der Waals surface area (Å²) in [6.07, 6.45) is 1.37. The van der Waals surface area contributed by atoms with Gasteiger partial charge in [-0.25, -0.2) is 9.69 Å². The minimum atomic E-state index is -0.834. The Balaban J connectivity index is 1.57. The van der Waals surface area contributed by atoms with Crippen molar-refractivity contribution in [2.45, 2.75) is 13.5 Å². The molecule has 10 nitrogen and oxygen atoms in total. The molecule has 1 aliphatic rings. The van der Waals surface area contributed by atoms with Crippen LogP contribution in [0.25, 0.3) is 6.08 Å². The van der Waals surface area contributed by atoms with E-state index < -0.39 is 22.8 Å². The second kappa shape index (κ2) is 11.0. The highest BCUT2D eigenvalue weighted by Crippen LogP contribution is 2.31. The molecule has 1 heterocycles. The summed E-state index contributed by atoms with van der Waals surface area (Å²) in [4.78, 5) is 49.2. The van der Waals surface area contributed by atoms with E-state index in [-0.39, 0.29) is 17.9 Å². The molecule has 0 atom stereocenters. The van der Waals surface area contributed by atoms with E-state index in [1.807, 2.05) is 0 Å². The number of amides is 4. The van der Waals surface area contributed by atoms with Crippen molar-refractivity contribution in [2.24, 2.45) is 0 Å². The maximum Gasteiger partial charge on any atom is 0.335 e. The van der Waals surface area contributed by atoms with Gasteiger partial charge >= 0.3 is 6.03 Å². The Hall–Kier alpha value is -4.51. The van der Waals surface area contributed by atoms with E-state index in [4.69, 9.17) is 9.47 Å². The van der Waals surface area contributed by atoms with E-state index in [1.165, 1.54) is 18.2 Å². The molecule has 1 saturated heterocycles. The minimum Gasteiger partial charge on any atom is -0.490 e. The van der Waals surface area contributed by atoms with Crippen LogP contribution in [0.4, 0.5) is 16.2 Å². The summed E-state index contributed by atoms with van der Waals surface area (Å²) in [5.41, 5.74) is 1.28. The van der Waals surface area contributed by atoms with Crippen molar-refractivity contribution in [3.8, 4) is 11.5 Å². The summed E-state index contributed by atoms with van der Waals surface area (Å²) in [6.45, 7) is 2.27. The molecular weight excluding hydrogens is 546 g/mol. The normalized spacial score (nSPS) is 14.5. The molecule has 3 aromatic carbocycles. The third-order valence-corrected chi connectivity index (χ3v) is 5.84. The predicted octanol–water partition coefficient (Wildman–Crippen LogP) is 5.00. The van der Waals surface area contributed by atoms with Gasteiger partial charge in [0.2, 0.25) is 0 Å². The number of non-ortho nitro benzene ring substituents is 1. The molecule has 11 heteroatoms. The maximum absolute atomic E-state index is 13.1. The van der Waals surface area contributed by atoms with E-state index >= 15 is 0 Å². The van der Waals surface area contributed by atoms with Crippen molar-refractivity contribution in [3.63, 3.8) is 0 Å². The summed E-state index contributed by atoms with van der Waals surface area (Å²) in [5.74, 6) is -0.774. The Morgan fingerprint density at radius 3 is 2.32 bits per heavy atom. The minimum absolute atomic E-state index is 0.0159. The first kappa shape index (κ1) is 25.6. The third-order valence-electron chi connectivity index (χ3n) is 5.31. The number of barbiturate groups is 1. The molecule has 37 heavy (non-hydrogen) atoms. The molecule has 0 spiro atoms. The van der Waals surface area contributed by atoms with Crippen LogP contribution < -0.4 is 19.7 Å². The zero-order valence-electron chi connectivity index (χ0n) is 19.5. The molecule has 0 saturated carbocycles. The summed E-state index contributed by atoms with van der Waals surface area (Å²) < 4.78 is 12.3. The number of benzene rings is 3. The van der Waals surface area contributed by atoms with Crippen LogP contribution in [0.1, 0.15) is 18.1 Å². The number of hydrogen-bond donors (Lipinski definition) is 1. The first-order valence-electron chi connectivity index (χ1n) is 11.1. The number of urea groups is 1. The van der Waals surface area contributed by atoms with Crippen LogP contribution in [-0.2, 0) is 16.2 Å². The number of hydrogen-bond acceptors (Lipinski definition) is 7. The van der Waals surface area contributed by atoms with Gasteiger partial charge in [-0.3, -0.25) is 25.0 Å². The molecule has 3 aromatic rings. The molecule has 188 valence electrons. The summed E-state index contributed by atoms with van der Waals surface area (Å²) in [5, 5.41) is 13.0. The van der Waals surface area contributed by atoms with Gasteiger partial charge < -0.3 is 9.47 Å². The molecular formula is C26H20BrN3O7. The topological polar surface area (TPSA) is 128 Å². The fraction of sp³-hybridized carbons (Fsp3) is 0.115. The fourth-order valence-electron chi connectivity index (χ4n) is 3.53. The Labute approximate surface area is 219 Å². The number of halogens is 1. The smallest absolute Gasteiger partial charge is 0.335 e. The van der Waals surface area contributed by atoms with Crippen molar-refractivity contribution >= 4 is 51.2 Å². The van der Waals surface area contributed by atoms with Crippen LogP contribution in [0.2, 0.25) is 0 Å². The Bertz CT molecular complexity index is 1400. The molecule has 0 radical (unpaired) electrons. The second-order valence-electron chi connectivity index (χ2n) is 7.79. The average Bonchev–Trinajstić information content (AvgIpc) is 2.87. The SMILES string of the molecule is CCOc1cc(C=C2C(=O)NC(=O)N(c3ccc(Br)cc3)C2=O)ccc1OCc1ccc([N+](=O)[O-])cc1. The number of nitro benzene ring substituents is 1. The van der Waals surface area contributed by atoms with Gasteiger partial charge in [-0.05, 0) is 72.7 Å². The predicted molar refractivity (Wildman–Crippen MR) is 138 cm³/mol. The molecule has 1 N–H and O–H groups in total. The number of imide groups is 2. The standard InChI is InChI=1S/C26H20BrN3O7/c1-2-36-23-14-17(5-12-22(23)37-15-16-3-8-20(9-4-16)30(34)35)13-21-24(31)28-26(33)29(25(21)32)19-10-6-18(27)7-11-19/h3-14H,2,15H2,1H3,(H,28,31,33). The van der Waals surface area contributed by atoms with Gasteiger partial charge in [0, 0.05) is 16.6 Å². The number of anilines is 1. The Morgan fingerprint density at radius 2 is 1.68 bits per heavy atom. The van der Waals surface area contributed by atoms with E-state index in [9.17, 15) is 24.5 Å². The van der Waals surface area contributed by atoms with Crippen molar-refractivity contribution in [1.82, 2.24) is 5.32 Å². The van der Waals surface area contributed by atoms with Crippen molar-refractivity contribution in [3.05, 3.63) is 98.0 Å². The number of carbonyl (C=O) groups excluding carboxylic acids is 3. The van der Waals surface area contributed by atoms with Gasteiger partial charge in [0.25, 0.3) is 17.5 Å². The molecule has 1 aliphatic heterocycles. The number of rotatable bonds is 8. The molecule has 0 bridgehead atoms. The van der Waals surface area contributed by atoms with E-state index in [2.05, 4.69) is 21.2 Å². The highest BCUT2D eigenvalue weighted by atomic mass is 79.9. The van der Waals surface area contributed by atoms with Gasteiger partial charge in [-0.2, -0.15) is 0 Å². The van der Waals surface area contributed by atoms with Crippen LogP contribution in [0.5, 0.6) is 11.5 Å². The summed E-state index contributed by atoms with van der Waals surface area (Å²) >= 11 is 3.31. The second-order valence-corrected chi connectivity index (χ2v) is 8.70. The number of nitrogens with zero attached hydrogens (tertiary/aromatic N) is 2. The van der Waals surface area contributed by atoms with Crippen LogP contribution in [0.3, 0.4) is 0 Å². The zero-order chi connectivity index (χ0) is 26.5. The average molecular weight is 566 g/mol. The van der Waals surface area contributed by atoms with Gasteiger partial charge in [-0.15, -0.1) is 0 Å². The van der Waals surface area contributed by atoms with Gasteiger partial charge in [0.15, 0.2) is 11.5 Å². The largest absolute Gasteiger partial charge is 0.490 e. The molecule has 0 aliphatic carbocycles. The monoisotopic (exact) mass is 565 g/mol. The molecule has 4 rings (SSSR count). The Morgan fingerprint density at radius 1 is 0.973 bits per heavy atom. The third kappa shape index (κ3) is 5.84. The van der Waals surface area contributed by atoms with Gasteiger partial charge in [0.05, 0.1) is 17.2 Å². The number of ether oxygens (including phenoxy) is 2. The quantitative estimate of drug-likeness (QED) is 0.176. The number of nitro groups is 1. The van der Waals surface area contributed by atoms with Crippen LogP contribution in [0, 0.1) is 10.1 Å². The lowest BCUT2D eigenvalue weighted by molar-refractivity contribution is -0.384. The lowest BCUT2D eigenvalue weighted by atomic mass is 10.1. The maximum atomic E-state index is 13.1. The highest BCUT2D eigenvalue weighted by molar-refractivity contribution is 9.10. The first-order valence-corrected chi connectivity index (χ1v) is 11.9. The lowest BCUT2D eigenvalue weighted by Gasteiger charge is -2.26. The van der Waals surface area contributed by atoms with Crippen LogP contribution in [0.15, 0.2) is 76.8 Å². The van der Waals surface area contributed by atoms with Crippen molar-refractivity contribution < 1.29 is 28.8 Å². The van der Waals surface area contributed by atoms with Gasteiger partial charge in [-0.1, -0.05) is 22.0 Å². The zero-order valence-corrected chi connectivity index (χ0v) is 21.1. The first-order chi connectivity index (χ1) is 17.8. The fourth-order valence-corrected chi connectivity index (χ4v) is 3.79. The van der Waals surface area contributed by atoms with E-state index in [0.717, 1.165) is 14.9 Å². The molecule has 4 amide bonds. The molecule has 0 aromatic heterocycles. The van der Waals surface area contributed by atoms with Crippen molar-refractivity contribution in [2.75, 3.05) is 11.5 Å². The number of carbonyl (C=O) groups is 3. The lowest BCUT2D eigenvalue weighted by Crippen LogP contribution is -2.54. The number of nitrogens with one attached hydrogen (secondary N) is 1. The Kier molecular flexibility index (Phi) is 7.63. The van der Waals surface area contributed by atoms with Gasteiger partial charge in [0.1, 0.15) is 12.2 Å². The summed E-state index contributed by atoms with van der Waals surface area (Å²) in [6, 6.07) is 16.6. The van der Waals surface area contributed by atoms with Crippen molar-refractivity contribution in [1.29, 1.82) is 0 Å². The van der Waals surface area contributed by atoms with Crippen LogP contribution >= 0.6 is 15.9 Å². The van der Waals surface area contributed by atoms with Crippen LogP contribution in [-0.4, -0.2) is 29.4 Å². The molecule has 0 unspecified atom stereocenters. The summed E-state index contributed by atoms with van der Waals surface area (Å²) in [7, 11) is 0. The van der Waals surface area contributed by atoms with E-state index in [0.29, 0.717) is 29.4 Å². The molecule has 1 fully saturated rings. The van der Waals surface area contributed by atoms with E-state index in [1.54, 1.807) is 61.5 Å². The highest BCUT2D eigenvalue weighted by Gasteiger charge is 2.36.